The number of nitriles is 1. The summed E-state index contributed by atoms with van der Waals surface area (Å²) < 4.78 is 30.4. The van der Waals surface area contributed by atoms with Crippen LogP contribution < -0.4 is 10.1 Å². The van der Waals surface area contributed by atoms with Crippen LogP contribution in [0.1, 0.15) is 156 Å². The second-order valence-corrected chi connectivity index (χ2v) is 25.4. The normalized spacial score (nSPS) is 42.4. The average Bonchev–Trinajstić information content (AvgIpc) is 3.60. The molecule has 340 valence electrons. The van der Waals surface area contributed by atoms with Crippen molar-refractivity contribution in [2.75, 3.05) is 19.4 Å². The predicted molar refractivity (Wildman–Crippen MR) is 244 cm³/mol. The van der Waals surface area contributed by atoms with Gasteiger partial charge < -0.3 is 20.3 Å². The van der Waals surface area contributed by atoms with Crippen molar-refractivity contribution in [1.29, 1.82) is 5.26 Å². The molecule has 0 radical (unpaired) electrons. The molecule has 0 spiro atoms. The quantitative estimate of drug-likeness (QED) is 0.185. The van der Waals surface area contributed by atoms with Crippen LogP contribution in [0.4, 0.5) is 0 Å². The van der Waals surface area contributed by atoms with Crippen LogP contribution in [0.25, 0.3) is 0 Å². The number of aromatic nitrogens is 1. The summed E-state index contributed by atoms with van der Waals surface area (Å²) in [5, 5.41) is 35.5. The topological polar surface area (TPSA) is 150 Å². The number of aliphatic carboxylic acids is 1. The minimum absolute atomic E-state index is 0.0230. The van der Waals surface area contributed by atoms with Crippen molar-refractivity contribution in [3.05, 3.63) is 59.3 Å². The lowest BCUT2D eigenvalue weighted by molar-refractivity contribution is -0.221. The first-order valence-electron chi connectivity index (χ1n) is 24.0. The van der Waals surface area contributed by atoms with E-state index in [0.717, 1.165) is 25.8 Å². The SMILES string of the molecule is C=C(C)[C@@H]1CC[C@]2(NCCC3(O)CCC(S(C)(=O)=O)CC3)CC[C@]3(C)[C@H](CC[C@@H]4[C@@]5(C)CC=C(C6=CC[C@@](COc7ncccc7C#N)(C(=O)O)CC6)C(C)(C)C5CC[C@]43C)[C@@H]12. The number of fused-ring (bicyclic) bond motifs is 7. The van der Waals surface area contributed by atoms with E-state index >= 15 is 0 Å². The lowest BCUT2D eigenvalue weighted by Crippen LogP contribution is -2.68. The number of carbonyl (C=O) groups is 1. The summed E-state index contributed by atoms with van der Waals surface area (Å²) in [7, 11) is -3.08. The van der Waals surface area contributed by atoms with Gasteiger partial charge in [-0.3, -0.25) is 4.79 Å². The van der Waals surface area contributed by atoms with E-state index in [0.29, 0.717) is 86.5 Å². The van der Waals surface area contributed by atoms with Crippen molar-refractivity contribution in [1.82, 2.24) is 10.3 Å². The molecular weight excluding hydrogens is 795 g/mol. The van der Waals surface area contributed by atoms with E-state index in [1.807, 2.05) is 0 Å². The molecule has 10 atom stereocenters. The van der Waals surface area contributed by atoms with Crippen LogP contribution in [-0.4, -0.2) is 65.4 Å². The fourth-order valence-corrected chi connectivity index (χ4v) is 17.4. The standard InChI is InChI=1S/C52H75N3O6S/c1-34(2)38-17-26-52(55-31-29-51(58)24-15-37(16-25-51)62(8,59)60)28-27-48(6)40(43(38)52)11-12-42-47(5)20-18-39(46(3,4)41(47)19-21-49(42,48)7)35-13-22-50(23-14-35,45(56)57)33-61-44-36(32-53)10-9-30-54-44/h9-10,13,18,30,37-38,40-43,55,58H,1,11-12,14-17,19-29,31,33H2,2-8H3,(H,56,57)/t37?,38-,40+,41?,42+,43+,47-,48+,49+,50+,51?,52-/m0/s1. The lowest BCUT2D eigenvalue weighted by atomic mass is 9.33. The summed E-state index contributed by atoms with van der Waals surface area (Å²) >= 11 is 0. The number of ether oxygens (including phenoxy) is 1. The summed E-state index contributed by atoms with van der Waals surface area (Å²) in [6.07, 6.45) is 22.7. The monoisotopic (exact) mass is 870 g/mol. The minimum atomic E-state index is -3.08. The molecule has 62 heavy (non-hydrogen) atoms. The Hall–Kier alpha value is -3.00. The number of allylic oxidation sites excluding steroid dienone is 5. The summed E-state index contributed by atoms with van der Waals surface area (Å²) in [4.78, 5) is 17.0. The summed E-state index contributed by atoms with van der Waals surface area (Å²) in [5.74, 6) is 2.06. The molecule has 1 heterocycles. The Labute approximate surface area is 372 Å². The van der Waals surface area contributed by atoms with Gasteiger partial charge in [0.15, 0.2) is 0 Å². The number of aliphatic hydroxyl groups is 1. The number of hydrogen-bond donors (Lipinski definition) is 3. The smallest absolute Gasteiger partial charge is 0.313 e. The van der Waals surface area contributed by atoms with Gasteiger partial charge in [-0.2, -0.15) is 5.26 Å². The molecule has 3 N–H and O–H groups in total. The molecule has 7 aliphatic rings. The number of nitrogens with one attached hydrogen (secondary N) is 1. The average molecular weight is 870 g/mol. The largest absolute Gasteiger partial charge is 0.481 e. The molecule has 8 rings (SSSR count). The molecular formula is C52H75N3O6S. The molecule has 5 fully saturated rings. The molecule has 0 bridgehead atoms. The van der Waals surface area contributed by atoms with Gasteiger partial charge in [0.1, 0.15) is 33.5 Å². The van der Waals surface area contributed by atoms with Crippen LogP contribution in [0.5, 0.6) is 5.88 Å². The van der Waals surface area contributed by atoms with Gasteiger partial charge in [0, 0.05) is 18.0 Å². The zero-order valence-electron chi connectivity index (χ0n) is 38.8. The molecule has 1 unspecified atom stereocenters. The van der Waals surface area contributed by atoms with Gasteiger partial charge in [-0.05, 0) is 197 Å². The van der Waals surface area contributed by atoms with Crippen LogP contribution in [0.3, 0.4) is 0 Å². The number of pyridine rings is 1. The number of hydrogen-bond acceptors (Lipinski definition) is 8. The van der Waals surface area contributed by atoms with E-state index < -0.39 is 26.8 Å². The number of rotatable bonds is 11. The Morgan fingerprint density at radius 3 is 2.34 bits per heavy atom. The zero-order valence-corrected chi connectivity index (χ0v) is 39.6. The van der Waals surface area contributed by atoms with Gasteiger partial charge in [0.2, 0.25) is 5.88 Å². The first-order chi connectivity index (χ1) is 29.1. The van der Waals surface area contributed by atoms with Crippen LogP contribution in [0.15, 0.2) is 53.8 Å². The highest BCUT2D eigenvalue weighted by Crippen LogP contribution is 2.76. The second-order valence-electron chi connectivity index (χ2n) is 23.1. The van der Waals surface area contributed by atoms with Gasteiger partial charge in [-0.25, -0.2) is 13.4 Å². The van der Waals surface area contributed by atoms with Crippen molar-refractivity contribution >= 4 is 15.8 Å². The van der Waals surface area contributed by atoms with E-state index in [-0.39, 0.29) is 44.9 Å². The highest BCUT2D eigenvalue weighted by atomic mass is 32.2. The van der Waals surface area contributed by atoms with E-state index in [1.54, 1.807) is 18.3 Å². The van der Waals surface area contributed by atoms with Crippen LogP contribution in [0, 0.1) is 68.0 Å². The molecule has 0 saturated heterocycles. The van der Waals surface area contributed by atoms with E-state index in [1.165, 1.54) is 61.5 Å². The van der Waals surface area contributed by atoms with Crippen molar-refractivity contribution in [2.24, 2.45) is 56.7 Å². The van der Waals surface area contributed by atoms with Gasteiger partial charge in [-0.1, -0.05) is 58.9 Å². The molecule has 7 aliphatic carbocycles. The first kappa shape index (κ1) is 45.6. The summed E-state index contributed by atoms with van der Waals surface area (Å²) in [6.45, 7) is 20.5. The molecule has 9 nitrogen and oxygen atoms in total. The fraction of sp³-hybridized carbons (Fsp3) is 0.750. The maximum atomic E-state index is 12.8. The third kappa shape index (κ3) is 7.25. The first-order valence-corrected chi connectivity index (χ1v) is 26.0. The Morgan fingerprint density at radius 1 is 0.952 bits per heavy atom. The molecule has 0 amide bonds. The molecule has 10 heteroatoms. The fourth-order valence-electron chi connectivity index (χ4n) is 16.3. The minimum Gasteiger partial charge on any atom is -0.481 e. The zero-order chi connectivity index (χ0) is 44.7. The van der Waals surface area contributed by atoms with Gasteiger partial charge in [0.05, 0.1) is 10.9 Å². The number of carboxylic acids is 1. The van der Waals surface area contributed by atoms with E-state index in [2.05, 4.69) is 76.6 Å². The van der Waals surface area contributed by atoms with Crippen molar-refractivity contribution < 1.29 is 28.2 Å². The lowest BCUT2D eigenvalue weighted by Gasteiger charge is -2.72. The third-order valence-electron chi connectivity index (χ3n) is 20.0. The predicted octanol–water partition coefficient (Wildman–Crippen LogP) is 10.2. The van der Waals surface area contributed by atoms with Crippen LogP contribution in [0.2, 0.25) is 0 Å². The maximum absolute atomic E-state index is 12.8. The van der Waals surface area contributed by atoms with Crippen LogP contribution in [-0.2, 0) is 14.6 Å². The van der Waals surface area contributed by atoms with Crippen LogP contribution >= 0.6 is 0 Å². The number of carboxylic acid groups (broad SMARTS) is 1. The highest BCUT2D eigenvalue weighted by molar-refractivity contribution is 7.91. The Balaban J connectivity index is 0.998. The molecule has 5 saturated carbocycles. The van der Waals surface area contributed by atoms with E-state index in [9.17, 15) is 28.7 Å². The summed E-state index contributed by atoms with van der Waals surface area (Å²) in [5.41, 5.74) is 3.02. The molecule has 0 aliphatic heterocycles. The highest BCUT2D eigenvalue weighted by Gasteiger charge is 2.70. The molecule has 1 aromatic heterocycles. The Kier molecular flexibility index (Phi) is 11.7. The third-order valence-corrected chi connectivity index (χ3v) is 21.7. The van der Waals surface area contributed by atoms with Gasteiger partial charge in [0.25, 0.3) is 0 Å². The molecule has 1 aromatic rings. The number of sulfone groups is 1. The van der Waals surface area contributed by atoms with Gasteiger partial charge >= 0.3 is 5.97 Å². The molecule has 0 aromatic carbocycles. The summed E-state index contributed by atoms with van der Waals surface area (Å²) in [6, 6.07) is 5.42. The van der Waals surface area contributed by atoms with Gasteiger partial charge in [-0.15, -0.1) is 0 Å². The van der Waals surface area contributed by atoms with E-state index in [4.69, 9.17) is 4.74 Å². The van der Waals surface area contributed by atoms with Crippen molar-refractivity contribution in [3.8, 4) is 11.9 Å². The second kappa shape index (κ2) is 15.9. The van der Waals surface area contributed by atoms with Crippen molar-refractivity contribution in [3.63, 3.8) is 0 Å². The Morgan fingerprint density at radius 2 is 1.69 bits per heavy atom. The number of nitrogens with zero attached hydrogens (tertiary/aromatic N) is 2. The maximum Gasteiger partial charge on any atom is 0.313 e. The van der Waals surface area contributed by atoms with Crippen molar-refractivity contribution in [2.45, 2.75) is 167 Å². The Bertz CT molecular complexity index is 2170.